The molecule has 0 N–H and O–H groups in total. The second-order valence-corrected chi connectivity index (χ2v) is 13.8. The van der Waals surface area contributed by atoms with E-state index in [-0.39, 0.29) is 29.2 Å². The first-order chi connectivity index (χ1) is 25.7. The Hall–Kier alpha value is -4.71. The predicted molar refractivity (Wildman–Crippen MR) is 212 cm³/mol. The molecule has 0 heterocycles. The lowest BCUT2D eigenvalue weighted by Crippen LogP contribution is -2.26. The van der Waals surface area contributed by atoms with Gasteiger partial charge in [-0.3, -0.25) is 0 Å². The van der Waals surface area contributed by atoms with Crippen LogP contribution < -0.4 is 14.2 Å². The Kier molecular flexibility index (Phi) is 16.8. The Morgan fingerprint density at radius 3 is 1.58 bits per heavy atom. The van der Waals surface area contributed by atoms with Gasteiger partial charge in [-0.2, -0.15) is 0 Å². The van der Waals surface area contributed by atoms with Crippen LogP contribution in [-0.4, -0.2) is 43.2 Å². The average molecular weight is 835 g/mol. The van der Waals surface area contributed by atoms with Gasteiger partial charge in [0.15, 0.2) is 6.10 Å². The first-order valence-electron chi connectivity index (χ1n) is 18.2. The van der Waals surface area contributed by atoms with Gasteiger partial charge in [-0.05, 0) is 126 Å². The summed E-state index contributed by atoms with van der Waals surface area (Å²) in [6.45, 7) is 6.76. The van der Waals surface area contributed by atoms with Crippen LogP contribution in [0.15, 0.2) is 91.0 Å². The minimum Gasteiger partial charge on any atom is -0.492 e. The second-order valence-electron chi connectivity index (χ2n) is 12.6. The molecular formula is C43H47IO9. The van der Waals surface area contributed by atoms with Crippen molar-refractivity contribution < 1.29 is 42.9 Å². The van der Waals surface area contributed by atoms with Crippen LogP contribution in [0.25, 0.3) is 11.1 Å². The van der Waals surface area contributed by atoms with E-state index in [2.05, 4.69) is 42.5 Å². The van der Waals surface area contributed by atoms with Gasteiger partial charge in [0.2, 0.25) is 0 Å². The van der Waals surface area contributed by atoms with Gasteiger partial charge >= 0.3 is 23.9 Å². The summed E-state index contributed by atoms with van der Waals surface area (Å²) in [7, 11) is 0. The van der Waals surface area contributed by atoms with Gasteiger partial charge in [-0.25, -0.2) is 19.2 Å². The molecular weight excluding hydrogens is 787 g/mol. The van der Waals surface area contributed by atoms with Gasteiger partial charge in [0, 0.05) is 0 Å². The molecule has 0 amide bonds. The molecule has 1 unspecified atom stereocenters. The van der Waals surface area contributed by atoms with E-state index >= 15 is 0 Å². The first-order valence-corrected chi connectivity index (χ1v) is 19.3. The second kappa shape index (κ2) is 21.7. The Morgan fingerprint density at radius 2 is 1.04 bits per heavy atom. The molecule has 53 heavy (non-hydrogen) atoms. The summed E-state index contributed by atoms with van der Waals surface area (Å²) < 4.78 is 28.4. The molecule has 0 fully saturated rings. The summed E-state index contributed by atoms with van der Waals surface area (Å²) in [6.07, 6.45) is 8.79. The molecule has 4 aromatic rings. The zero-order valence-electron chi connectivity index (χ0n) is 30.6. The maximum atomic E-state index is 12.9. The minimum absolute atomic E-state index is 0.186. The zero-order valence-corrected chi connectivity index (χ0v) is 32.7. The van der Waals surface area contributed by atoms with E-state index in [0.717, 1.165) is 52.6 Å². The molecule has 0 radical (unpaired) electrons. The number of halogens is 1. The van der Waals surface area contributed by atoms with Crippen molar-refractivity contribution in [3.05, 3.63) is 111 Å². The lowest BCUT2D eigenvalue weighted by atomic mass is 10.0. The fourth-order valence-corrected chi connectivity index (χ4v) is 5.90. The van der Waals surface area contributed by atoms with Gasteiger partial charge in [0.05, 0.1) is 33.5 Å². The highest BCUT2D eigenvalue weighted by atomic mass is 127. The topological polar surface area (TPSA) is 114 Å². The molecule has 4 rings (SSSR count). The SMILES string of the molecule is CCCCCCCOc1ccc(-c2ccc(C(=O)Oc3ccc(C(=O)Oc4ccc(C(=O)OC(C)C(=O)OCCCCCC)cc4)cc3)cc2)cc1I. The van der Waals surface area contributed by atoms with Crippen LogP contribution in [0.4, 0.5) is 0 Å². The van der Waals surface area contributed by atoms with E-state index < -0.39 is 30.0 Å². The minimum atomic E-state index is -1.05. The van der Waals surface area contributed by atoms with Gasteiger partial charge in [0.1, 0.15) is 17.2 Å². The summed E-state index contributed by atoms with van der Waals surface area (Å²) in [4.78, 5) is 50.2. The molecule has 0 aliphatic heterocycles. The highest BCUT2D eigenvalue weighted by Crippen LogP contribution is 2.29. The number of esters is 4. The van der Waals surface area contributed by atoms with E-state index in [9.17, 15) is 19.2 Å². The van der Waals surface area contributed by atoms with Crippen LogP contribution in [0, 0.1) is 3.57 Å². The molecule has 280 valence electrons. The molecule has 10 heteroatoms. The number of rotatable bonds is 20. The van der Waals surface area contributed by atoms with E-state index in [4.69, 9.17) is 23.7 Å². The van der Waals surface area contributed by atoms with E-state index in [1.165, 1.54) is 81.1 Å². The summed E-state index contributed by atoms with van der Waals surface area (Å²) in [5.41, 5.74) is 2.78. The zero-order chi connectivity index (χ0) is 38.0. The largest absolute Gasteiger partial charge is 0.492 e. The number of unbranched alkanes of at least 4 members (excludes halogenated alkanes) is 7. The summed E-state index contributed by atoms with van der Waals surface area (Å²) >= 11 is 2.29. The Labute approximate surface area is 325 Å². The molecule has 0 aliphatic rings. The van der Waals surface area contributed by atoms with Crippen molar-refractivity contribution >= 4 is 46.5 Å². The van der Waals surface area contributed by atoms with Gasteiger partial charge in [-0.1, -0.05) is 77.0 Å². The van der Waals surface area contributed by atoms with Crippen LogP contribution >= 0.6 is 22.6 Å². The molecule has 9 nitrogen and oxygen atoms in total. The predicted octanol–water partition coefficient (Wildman–Crippen LogP) is 10.4. The van der Waals surface area contributed by atoms with Crippen molar-refractivity contribution in [2.24, 2.45) is 0 Å². The highest BCUT2D eigenvalue weighted by Gasteiger charge is 2.21. The van der Waals surface area contributed by atoms with Crippen LogP contribution in [0.3, 0.4) is 0 Å². The van der Waals surface area contributed by atoms with Gasteiger partial charge in [-0.15, -0.1) is 0 Å². The number of benzene rings is 4. The van der Waals surface area contributed by atoms with Crippen LogP contribution in [-0.2, 0) is 14.3 Å². The lowest BCUT2D eigenvalue weighted by Gasteiger charge is -2.13. The van der Waals surface area contributed by atoms with E-state index in [1.807, 2.05) is 24.3 Å². The third-order valence-electron chi connectivity index (χ3n) is 8.35. The molecule has 0 saturated heterocycles. The van der Waals surface area contributed by atoms with Crippen molar-refractivity contribution in [3.63, 3.8) is 0 Å². The van der Waals surface area contributed by atoms with Crippen LogP contribution in [0.5, 0.6) is 17.2 Å². The number of carbonyl (C=O) groups is 4. The van der Waals surface area contributed by atoms with Crippen molar-refractivity contribution in [1.29, 1.82) is 0 Å². The average Bonchev–Trinajstić information content (AvgIpc) is 3.17. The fraction of sp³-hybridized carbons (Fsp3) is 0.349. The van der Waals surface area contributed by atoms with Gasteiger partial charge < -0.3 is 23.7 Å². The Morgan fingerprint density at radius 1 is 0.566 bits per heavy atom. The molecule has 0 aliphatic carbocycles. The van der Waals surface area contributed by atoms with E-state index in [0.29, 0.717) is 12.2 Å². The van der Waals surface area contributed by atoms with Crippen molar-refractivity contribution in [3.8, 4) is 28.4 Å². The quantitative estimate of drug-likeness (QED) is 0.0371. The third kappa shape index (κ3) is 13.3. The van der Waals surface area contributed by atoms with Crippen molar-refractivity contribution in [1.82, 2.24) is 0 Å². The molecule has 0 bridgehead atoms. The first kappa shape index (κ1) is 41.1. The standard InChI is InChI=1S/C43H47IO9/c1-4-6-8-10-12-27-49-39-26-21-35(29-38(39)44)31-13-15-32(16-14-31)42(47)52-37-24-19-34(20-25-37)43(48)53-36-22-17-33(18-23-36)41(46)51-30(3)40(45)50-28-11-9-7-5-2/h13-26,29-30H,4-12,27-28H2,1-3H3. The Bertz CT molecular complexity index is 1780. The lowest BCUT2D eigenvalue weighted by molar-refractivity contribution is -0.153. The number of carbonyl (C=O) groups excluding carboxylic acids is 4. The van der Waals surface area contributed by atoms with Crippen molar-refractivity contribution in [2.45, 2.75) is 84.7 Å². The summed E-state index contributed by atoms with van der Waals surface area (Å²) in [6, 6.07) is 25.0. The normalized spacial score (nSPS) is 11.3. The monoisotopic (exact) mass is 834 g/mol. The molecule has 0 spiro atoms. The maximum absolute atomic E-state index is 12.9. The molecule has 1 atom stereocenters. The fourth-order valence-electron chi connectivity index (χ4n) is 5.23. The van der Waals surface area contributed by atoms with Crippen LogP contribution in [0.2, 0.25) is 0 Å². The number of hydrogen-bond donors (Lipinski definition) is 0. The Balaban J connectivity index is 1.23. The summed E-state index contributed by atoms with van der Waals surface area (Å²) in [5.74, 6) is -1.12. The number of ether oxygens (including phenoxy) is 5. The van der Waals surface area contributed by atoms with Gasteiger partial charge in [0.25, 0.3) is 0 Å². The van der Waals surface area contributed by atoms with Crippen LogP contribution in [0.1, 0.15) is 110 Å². The van der Waals surface area contributed by atoms with Crippen molar-refractivity contribution in [2.75, 3.05) is 13.2 Å². The highest BCUT2D eigenvalue weighted by molar-refractivity contribution is 14.1. The third-order valence-corrected chi connectivity index (χ3v) is 9.19. The smallest absolute Gasteiger partial charge is 0.347 e. The molecule has 0 saturated carbocycles. The number of hydrogen-bond acceptors (Lipinski definition) is 9. The molecule has 4 aromatic carbocycles. The maximum Gasteiger partial charge on any atom is 0.347 e. The summed E-state index contributed by atoms with van der Waals surface area (Å²) in [5, 5.41) is 0. The molecule has 0 aromatic heterocycles. The van der Waals surface area contributed by atoms with E-state index in [1.54, 1.807) is 12.1 Å².